The van der Waals surface area contributed by atoms with Gasteiger partial charge >= 0.3 is 0 Å². The van der Waals surface area contributed by atoms with Crippen molar-refractivity contribution in [2.24, 2.45) is 5.92 Å². The molecule has 1 aliphatic rings. The molecule has 6 heteroatoms. The second-order valence-corrected chi connectivity index (χ2v) is 7.43. The summed E-state index contributed by atoms with van der Waals surface area (Å²) < 4.78 is 41.0. The van der Waals surface area contributed by atoms with Crippen molar-refractivity contribution in [3.63, 3.8) is 0 Å². The zero-order valence-electron chi connectivity index (χ0n) is 12.3. The van der Waals surface area contributed by atoms with Crippen molar-refractivity contribution in [1.29, 1.82) is 0 Å². The molecule has 0 amide bonds. The molecule has 0 radical (unpaired) electrons. The highest BCUT2D eigenvalue weighted by molar-refractivity contribution is 7.89. The maximum Gasteiger partial charge on any atom is 0.240 e. The SMILES string of the molecule is CCC(NS(=O)(=O)c1ccc(N)c(F)c1)C1CCCCC1. The molecular formula is C15H23FN2O2S. The first-order valence-electron chi connectivity index (χ1n) is 7.51. The topological polar surface area (TPSA) is 72.2 Å². The Labute approximate surface area is 126 Å². The van der Waals surface area contributed by atoms with Gasteiger partial charge in [-0.1, -0.05) is 26.2 Å². The van der Waals surface area contributed by atoms with Gasteiger partial charge in [-0.2, -0.15) is 0 Å². The molecule has 0 saturated heterocycles. The van der Waals surface area contributed by atoms with Crippen LogP contribution in [0.5, 0.6) is 0 Å². The Morgan fingerprint density at radius 2 is 2.00 bits per heavy atom. The van der Waals surface area contributed by atoms with E-state index in [9.17, 15) is 12.8 Å². The lowest BCUT2D eigenvalue weighted by Gasteiger charge is -2.30. The Morgan fingerprint density at radius 1 is 1.33 bits per heavy atom. The minimum absolute atomic E-state index is 0.0479. The molecule has 1 aromatic carbocycles. The van der Waals surface area contributed by atoms with Gasteiger partial charge in [0, 0.05) is 6.04 Å². The van der Waals surface area contributed by atoms with Crippen molar-refractivity contribution in [3.8, 4) is 0 Å². The Balaban J connectivity index is 2.16. The van der Waals surface area contributed by atoms with Crippen LogP contribution in [0.25, 0.3) is 0 Å². The van der Waals surface area contributed by atoms with Crippen molar-refractivity contribution < 1.29 is 12.8 Å². The fourth-order valence-corrected chi connectivity index (χ4v) is 4.39. The van der Waals surface area contributed by atoms with Crippen molar-refractivity contribution >= 4 is 15.7 Å². The third-order valence-corrected chi connectivity index (χ3v) is 5.74. The maximum atomic E-state index is 13.5. The smallest absolute Gasteiger partial charge is 0.240 e. The van der Waals surface area contributed by atoms with Crippen LogP contribution in [-0.4, -0.2) is 14.5 Å². The first kappa shape index (κ1) is 16.2. The number of nitrogens with two attached hydrogens (primary N) is 1. The molecular weight excluding hydrogens is 291 g/mol. The number of hydrogen-bond acceptors (Lipinski definition) is 3. The van der Waals surface area contributed by atoms with Crippen LogP contribution < -0.4 is 10.5 Å². The van der Waals surface area contributed by atoms with E-state index in [-0.39, 0.29) is 16.6 Å². The zero-order valence-corrected chi connectivity index (χ0v) is 13.1. The summed E-state index contributed by atoms with van der Waals surface area (Å²) in [5, 5.41) is 0. The molecule has 2 rings (SSSR count). The summed E-state index contributed by atoms with van der Waals surface area (Å²) >= 11 is 0. The molecule has 21 heavy (non-hydrogen) atoms. The first-order valence-corrected chi connectivity index (χ1v) is 8.99. The predicted molar refractivity (Wildman–Crippen MR) is 81.8 cm³/mol. The van der Waals surface area contributed by atoms with E-state index in [2.05, 4.69) is 4.72 Å². The highest BCUT2D eigenvalue weighted by Crippen LogP contribution is 2.28. The third kappa shape index (κ3) is 3.95. The van der Waals surface area contributed by atoms with Gasteiger partial charge in [0.05, 0.1) is 10.6 Å². The van der Waals surface area contributed by atoms with Gasteiger partial charge in [-0.3, -0.25) is 0 Å². The van der Waals surface area contributed by atoms with E-state index >= 15 is 0 Å². The van der Waals surface area contributed by atoms with Gasteiger partial charge in [-0.25, -0.2) is 17.5 Å². The molecule has 4 nitrogen and oxygen atoms in total. The summed E-state index contributed by atoms with van der Waals surface area (Å²) in [6, 6.07) is 3.52. The molecule has 1 aliphatic carbocycles. The van der Waals surface area contributed by atoms with E-state index in [1.54, 1.807) is 0 Å². The second-order valence-electron chi connectivity index (χ2n) is 5.72. The Morgan fingerprint density at radius 3 is 2.57 bits per heavy atom. The van der Waals surface area contributed by atoms with Gasteiger partial charge in [0.2, 0.25) is 10.0 Å². The lowest BCUT2D eigenvalue weighted by atomic mass is 9.83. The Kier molecular flexibility index (Phi) is 5.22. The predicted octanol–water partition coefficient (Wildman–Crippen LogP) is 3.05. The fraction of sp³-hybridized carbons (Fsp3) is 0.600. The molecule has 1 unspecified atom stereocenters. The van der Waals surface area contributed by atoms with E-state index in [0.717, 1.165) is 38.2 Å². The second kappa shape index (κ2) is 6.75. The molecule has 3 N–H and O–H groups in total. The van der Waals surface area contributed by atoms with E-state index in [1.807, 2.05) is 6.92 Å². The Hall–Kier alpha value is -1.14. The molecule has 0 spiro atoms. The van der Waals surface area contributed by atoms with Crippen molar-refractivity contribution in [1.82, 2.24) is 4.72 Å². The number of rotatable bonds is 5. The summed E-state index contributed by atoms with van der Waals surface area (Å²) in [5.74, 6) is -0.333. The van der Waals surface area contributed by atoms with Crippen LogP contribution in [0, 0.1) is 11.7 Å². The van der Waals surface area contributed by atoms with Crippen molar-refractivity contribution in [2.45, 2.75) is 56.4 Å². The average molecular weight is 314 g/mol. The van der Waals surface area contributed by atoms with Crippen LogP contribution in [0.3, 0.4) is 0 Å². The van der Waals surface area contributed by atoms with Gasteiger partial charge in [0.25, 0.3) is 0 Å². The van der Waals surface area contributed by atoms with E-state index in [0.29, 0.717) is 5.92 Å². The average Bonchev–Trinajstić information content (AvgIpc) is 2.48. The number of nitrogen functional groups attached to an aromatic ring is 1. The number of sulfonamides is 1. The summed E-state index contributed by atoms with van der Waals surface area (Å²) in [6.45, 7) is 1.98. The zero-order chi connectivity index (χ0) is 15.5. The number of benzene rings is 1. The van der Waals surface area contributed by atoms with Gasteiger partial charge in [-0.15, -0.1) is 0 Å². The highest BCUT2D eigenvalue weighted by Gasteiger charge is 2.27. The number of hydrogen-bond donors (Lipinski definition) is 2. The fourth-order valence-electron chi connectivity index (χ4n) is 2.99. The summed E-state index contributed by atoms with van der Waals surface area (Å²) in [4.78, 5) is -0.0662. The maximum absolute atomic E-state index is 13.5. The monoisotopic (exact) mass is 314 g/mol. The van der Waals surface area contributed by atoms with Crippen LogP contribution in [0.15, 0.2) is 23.1 Å². The molecule has 1 fully saturated rings. The van der Waals surface area contributed by atoms with Crippen molar-refractivity contribution in [3.05, 3.63) is 24.0 Å². The lowest BCUT2D eigenvalue weighted by molar-refractivity contribution is 0.285. The standard InChI is InChI=1S/C15H23FN2O2S/c1-2-15(11-6-4-3-5-7-11)18-21(19,20)12-8-9-14(17)13(16)10-12/h8-11,15,18H,2-7,17H2,1H3. The van der Waals surface area contributed by atoms with Gasteiger partial charge < -0.3 is 5.73 Å². The van der Waals surface area contributed by atoms with Gasteiger partial charge in [-0.05, 0) is 43.4 Å². The third-order valence-electron chi connectivity index (χ3n) is 4.25. The molecule has 0 aliphatic heterocycles. The van der Waals surface area contributed by atoms with Gasteiger partial charge in [0.15, 0.2) is 0 Å². The summed E-state index contributed by atoms with van der Waals surface area (Å²) in [6.07, 6.45) is 6.37. The summed E-state index contributed by atoms with van der Waals surface area (Å²) in [5.41, 5.74) is 5.34. The van der Waals surface area contributed by atoms with E-state index < -0.39 is 15.8 Å². The van der Waals surface area contributed by atoms with E-state index in [1.165, 1.54) is 18.6 Å². The molecule has 0 aromatic heterocycles. The Bertz CT molecular complexity index is 583. The van der Waals surface area contributed by atoms with Crippen molar-refractivity contribution in [2.75, 3.05) is 5.73 Å². The molecule has 0 heterocycles. The molecule has 0 bridgehead atoms. The van der Waals surface area contributed by atoms with Crippen LogP contribution in [0.1, 0.15) is 45.4 Å². The highest BCUT2D eigenvalue weighted by atomic mass is 32.2. The number of halogens is 1. The minimum Gasteiger partial charge on any atom is -0.396 e. The van der Waals surface area contributed by atoms with Crippen LogP contribution in [-0.2, 0) is 10.0 Å². The largest absolute Gasteiger partial charge is 0.396 e. The first-order chi connectivity index (χ1) is 9.94. The summed E-state index contributed by atoms with van der Waals surface area (Å²) in [7, 11) is -3.71. The number of anilines is 1. The van der Waals surface area contributed by atoms with Gasteiger partial charge in [0.1, 0.15) is 5.82 Å². The quantitative estimate of drug-likeness (QED) is 0.821. The van der Waals surface area contributed by atoms with Crippen LogP contribution in [0.4, 0.5) is 10.1 Å². The number of nitrogens with one attached hydrogen (secondary N) is 1. The minimum atomic E-state index is -3.71. The van der Waals surface area contributed by atoms with Crippen LogP contribution in [0.2, 0.25) is 0 Å². The normalized spacial score (nSPS) is 18.6. The molecule has 118 valence electrons. The molecule has 1 saturated carbocycles. The van der Waals surface area contributed by atoms with E-state index in [4.69, 9.17) is 5.73 Å². The van der Waals surface area contributed by atoms with Crippen LogP contribution >= 0.6 is 0 Å². The lowest BCUT2D eigenvalue weighted by Crippen LogP contribution is -2.40. The molecule has 1 atom stereocenters. The molecule has 1 aromatic rings.